The summed E-state index contributed by atoms with van der Waals surface area (Å²) in [7, 11) is 0. The van der Waals surface area contributed by atoms with E-state index in [0.717, 1.165) is 12.1 Å². The average molecular weight is 450 g/mol. The molecule has 3 aromatic rings. The molecule has 0 saturated heterocycles. The standard InChI is InChI=1S/C19H14BrF2N3O3/c1-10-24-18(28-9-12-2-5-13(21)8-15(12)22)16(20)19(27)25(10)14-6-3-11(4-7-14)17(23)26/h2-8H,9H2,1H3,(H2,23,26). The second kappa shape index (κ2) is 7.89. The molecule has 144 valence electrons. The van der Waals surface area contributed by atoms with E-state index in [-0.39, 0.29) is 22.5 Å². The van der Waals surface area contributed by atoms with Gasteiger partial charge in [-0.25, -0.2) is 8.78 Å². The van der Waals surface area contributed by atoms with Gasteiger partial charge < -0.3 is 10.5 Å². The molecule has 0 fully saturated rings. The van der Waals surface area contributed by atoms with Gasteiger partial charge in [0.2, 0.25) is 11.8 Å². The second-order valence-corrected chi connectivity index (χ2v) is 6.65. The number of nitrogens with zero attached hydrogens (tertiary/aromatic N) is 2. The molecule has 0 unspecified atom stereocenters. The van der Waals surface area contributed by atoms with Crippen molar-refractivity contribution in [2.24, 2.45) is 5.73 Å². The molecule has 6 nitrogen and oxygen atoms in total. The molecule has 2 N–H and O–H groups in total. The maximum Gasteiger partial charge on any atom is 0.276 e. The fraction of sp³-hybridized carbons (Fsp3) is 0.105. The normalized spacial score (nSPS) is 10.7. The molecule has 0 aliphatic carbocycles. The molecule has 2 aromatic carbocycles. The van der Waals surface area contributed by atoms with Crippen molar-refractivity contribution in [3.8, 4) is 11.6 Å². The summed E-state index contributed by atoms with van der Waals surface area (Å²) >= 11 is 3.16. The van der Waals surface area contributed by atoms with Gasteiger partial charge in [0, 0.05) is 17.2 Å². The molecule has 0 bridgehead atoms. The van der Waals surface area contributed by atoms with Crippen molar-refractivity contribution >= 4 is 21.8 Å². The monoisotopic (exact) mass is 449 g/mol. The zero-order chi connectivity index (χ0) is 20.4. The Labute approximate surface area is 166 Å². The van der Waals surface area contributed by atoms with Crippen molar-refractivity contribution in [3.05, 3.63) is 85.9 Å². The van der Waals surface area contributed by atoms with E-state index in [1.54, 1.807) is 19.1 Å². The van der Waals surface area contributed by atoms with Crippen molar-refractivity contribution in [3.63, 3.8) is 0 Å². The van der Waals surface area contributed by atoms with E-state index < -0.39 is 23.1 Å². The average Bonchev–Trinajstić information content (AvgIpc) is 2.65. The van der Waals surface area contributed by atoms with Gasteiger partial charge in [0.15, 0.2) is 0 Å². The summed E-state index contributed by atoms with van der Waals surface area (Å²) in [6.07, 6.45) is 0. The van der Waals surface area contributed by atoms with Crippen LogP contribution in [-0.4, -0.2) is 15.5 Å². The lowest BCUT2D eigenvalue weighted by molar-refractivity contribution is 0.100. The third kappa shape index (κ3) is 3.94. The third-order valence-electron chi connectivity index (χ3n) is 3.96. The summed E-state index contributed by atoms with van der Waals surface area (Å²) in [5.74, 6) is -1.73. The maximum atomic E-state index is 13.7. The lowest BCUT2D eigenvalue weighted by atomic mass is 10.2. The fourth-order valence-electron chi connectivity index (χ4n) is 2.54. The van der Waals surface area contributed by atoms with Crippen LogP contribution in [0.4, 0.5) is 8.78 Å². The van der Waals surface area contributed by atoms with Gasteiger partial charge in [0.25, 0.3) is 5.56 Å². The smallest absolute Gasteiger partial charge is 0.276 e. The Morgan fingerprint density at radius 1 is 1.21 bits per heavy atom. The Morgan fingerprint density at radius 2 is 1.89 bits per heavy atom. The zero-order valence-corrected chi connectivity index (χ0v) is 16.2. The molecule has 28 heavy (non-hydrogen) atoms. The molecule has 3 rings (SSSR count). The van der Waals surface area contributed by atoms with Gasteiger partial charge in [-0.2, -0.15) is 4.98 Å². The minimum absolute atomic E-state index is 0.0174. The molecule has 0 atom stereocenters. The first kappa shape index (κ1) is 19.7. The minimum atomic E-state index is -0.754. The number of carbonyl (C=O) groups excluding carboxylic acids is 1. The lowest BCUT2D eigenvalue weighted by Crippen LogP contribution is -2.24. The van der Waals surface area contributed by atoms with E-state index in [2.05, 4.69) is 20.9 Å². The summed E-state index contributed by atoms with van der Waals surface area (Å²) in [4.78, 5) is 28.2. The van der Waals surface area contributed by atoms with Crippen LogP contribution in [0.25, 0.3) is 5.69 Å². The molecule has 0 aliphatic rings. The van der Waals surface area contributed by atoms with Gasteiger partial charge >= 0.3 is 0 Å². The first-order valence-corrected chi connectivity index (χ1v) is 8.83. The quantitative estimate of drug-likeness (QED) is 0.647. The second-order valence-electron chi connectivity index (χ2n) is 5.85. The Morgan fingerprint density at radius 3 is 2.50 bits per heavy atom. The van der Waals surface area contributed by atoms with Crippen molar-refractivity contribution in [2.75, 3.05) is 0 Å². The first-order valence-electron chi connectivity index (χ1n) is 8.04. The van der Waals surface area contributed by atoms with Gasteiger partial charge in [-0.1, -0.05) is 0 Å². The predicted octanol–water partition coefficient (Wildman–Crippen LogP) is 3.26. The number of amides is 1. The molecule has 1 heterocycles. The molecule has 9 heteroatoms. The van der Waals surface area contributed by atoms with Gasteiger partial charge in [-0.05, 0) is 59.3 Å². The lowest BCUT2D eigenvalue weighted by Gasteiger charge is -2.14. The van der Waals surface area contributed by atoms with Crippen LogP contribution in [0.2, 0.25) is 0 Å². The summed E-state index contributed by atoms with van der Waals surface area (Å²) in [6, 6.07) is 9.25. The van der Waals surface area contributed by atoms with Gasteiger partial charge in [0.1, 0.15) is 28.5 Å². The number of aromatic nitrogens is 2. The molecular formula is C19H14BrF2N3O3. The van der Waals surface area contributed by atoms with Gasteiger partial charge in [0.05, 0.1) is 5.69 Å². The van der Waals surface area contributed by atoms with Crippen molar-refractivity contribution in [1.82, 2.24) is 9.55 Å². The molecule has 0 radical (unpaired) electrons. The van der Waals surface area contributed by atoms with Crippen LogP contribution < -0.4 is 16.0 Å². The number of primary amides is 1. The molecule has 1 aromatic heterocycles. The van der Waals surface area contributed by atoms with E-state index >= 15 is 0 Å². The SMILES string of the molecule is Cc1nc(OCc2ccc(F)cc2F)c(Br)c(=O)n1-c1ccc(C(N)=O)cc1. The number of hydrogen-bond donors (Lipinski definition) is 1. The molecule has 0 saturated carbocycles. The van der Waals surface area contributed by atoms with Crippen LogP contribution in [-0.2, 0) is 6.61 Å². The number of halogens is 3. The van der Waals surface area contributed by atoms with Crippen molar-refractivity contribution < 1.29 is 18.3 Å². The van der Waals surface area contributed by atoms with Crippen LogP contribution in [0.5, 0.6) is 5.88 Å². The van der Waals surface area contributed by atoms with Crippen LogP contribution in [0, 0.1) is 18.6 Å². The summed E-state index contributed by atoms with van der Waals surface area (Å²) < 4.78 is 33.5. The molecular weight excluding hydrogens is 436 g/mol. The highest BCUT2D eigenvalue weighted by Crippen LogP contribution is 2.22. The highest BCUT2D eigenvalue weighted by Gasteiger charge is 2.16. The minimum Gasteiger partial charge on any atom is -0.472 e. The van der Waals surface area contributed by atoms with E-state index in [1.165, 1.54) is 22.8 Å². The number of nitrogens with two attached hydrogens (primary N) is 1. The first-order chi connectivity index (χ1) is 13.3. The maximum absolute atomic E-state index is 13.7. The number of benzene rings is 2. The largest absolute Gasteiger partial charge is 0.472 e. The zero-order valence-electron chi connectivity index (χ0n) is 14.6. The third-order valence-corrected chi connectivity index (χ3v) is 4.63. The number of aryl methyl sites for hydroxylation is 1. The molecule has 1 amide bonds. The van der Waals surface area contributed by atoms with E-state index in [9.17, 15) is 18.4 Å². The predicted molar refractivity (Wildman–Crippen MR) is 101 cm³/mol. The van der Waals surface area contributed by atoms with Crippen LogP contribution in [0.1, 0.15) is 21.7 Å². The van der Waals surface area contributed by atoms with Crippen LogP contribution in [0.15, 0.2) is 51.7 Å². The Bertz CT molecular complexity index is 1110. The van der Waals surface area contributed by atoms with Gasteiger partial charge in [-0.3, -0.25) is 14.2 Å². The Balaban J connectivity index is 1.91. The summed E-state index contributed by atoms with van der Waals surface area (Å²) in [5.41, 5.74) is 5.68. The Hall–Kier alpha value is -3.07. The van der Waals surface area contributed by atoms with Crippen LogP contribution >= 0.6 is 15.9 Å². The summed E-state index contributed by atoms with van der Waals surface area (Å²) in [5, 5.41) is 0. The number of hydrogen-bond acceptors (Lipinski definition) is 4. The number of carbonyl (C=O) groups is 1. The molecule has 0 spiro atoms. The van der Waals surface area contributed by atoms with Crippen LogP contribution in [0.3, 0.4) is 0 Å². The highest BCUT2D eigenvalue weighted by atomic mass is 79.9. The number of rotatable bonds is 5. The van der Waals surface area contributed by atoms with E-state index in [0.29, 0.717) is 17.1 Å². The number of ether oxygens (including phenoxy) is 1. The Kier molecular flexibility index (Phi) is 5.55. The summed E-state index contributed by atoms with van der Waals surface area (Å²) in [6.45, 7) is 1.37. The van der Waals surface area contributed by atoms with E-state index in [1.807, 2.05) is 0 Å². The van der Waals surface area contributed by atoms with Crippen molar-refractivity contribution in [2.45, 2.75) is 13.5 Å². The van der Waals surface area contributed by atoms with E-state index in [4.69, 9.17) is 10.5 Å². The topological polar surface area (TPSA) is 87.2 Å². The van der Waals surface area contributed by atoms with Crippen molar-refractivity contribution in [1.29, 1.82) is 0 Å². The fourth-order valence-corrected chi connectivity index (χ4v) is 2.92. The van der Waals surface area contributed by atoms with Gasteiger partial charge in [-0.15, -0.1) is 0 Å². The highest BCUT2D eigenvalue weighted by molar-refractivity contribution is 9.10. The molecule has 0 aliphatic heterocycles.